The number of hydrogen-bond acceptors (Lipinski definition) is 4. The van der Waals surface area contributed by atoms with Gasteiger partial charge in [-0.1, -0.05) is 104 Å². The predicted octanol–water partition coefficient (Wildman–Crippen LogP) is 10.5. The fourth-order valence-corrected chi connectivity index (χ4v) is 5.73. The van der Waals surface area contributed by atoms with Crippen LogP contribution >= 0.6 is 28.7 Å². The average Bonchev–Trinajstić information content (AvgIpc) is 3.31. The van der Waals surface area contributed by atoms with Crippen LogP contribution in [0.1, 0.15) is 120 Å². The highest BCUT2D eigenvalue weighted by atomic mass is 79.9. The normalized spacial score (nSPS) is 13.1. The van der Waals surface area contributed by atoms with E-state index in [1.165, 1.54) is 68.3 Å². The molecule has 1 N–H and O–H groups in total. The van der Waals surface area contributed by atoms with Gasteiger partial charge in [0.25, 0.3) is 5.91 Å². The number of rotatable bonds is 16. The molecule has 0 fully saturated rings. The number of benzene rings is 2. The molecule has 0 aliphatic carbocycles. The summed E-state index contributed by atoms with van der Waals surface area (Å²) in [6.45, 7) is 12.5. The van der Waals surface area contributed by atoms with Crippen molar-refractivity contribution in [3.63, 3.8) is 0 Å². The number of carbonyl (C=O) groups is 1. The van der Waals surface area contributed by atoms with E-state index in [1.54, 1.807) is 0 Å². The third kappa shape index (κ3) is 11.9. The second-order valence-electron chi connectivity index (χ2n) is 11.9. The molecule has 1 aliphatic rings. The first-order valence-electron chi connectivity index (χ1n) is 15.0. The average molecular weight is 632 g/mol. The Morgan fingerprint density at radius 2 is 1.62 bits per heavy atom. The van der Waals surface area contributed by atoms with Crippen molar-refractivity contribution in [3.8, 4) is 5.75 Å². The second kappa shape index (κ2) is 17.8. The zero-order valence-corrected chi connectivity index (χ0v) is 27.9. The number of nitrogens with one attached hydrogen (secondary N) is 1. The molecule has 0 aromatic heterocycles. The highest BCUT2D eigenvalue weighted by Crippen LogP contribution is 2.33. The van der Waals surface area contributed by atoms with Crippen LogP contribution in [0.25, 0.3) is 0 Å². The van der Waals surface area contributed by atoms with E-state index in [0.29, 0.717) is 12.2 Å². The van der Waals surface area contributed by atoms with Crippen molar-refractivity contribution in [1.82, 2.24) is 4.90 Å². The van der Waals surface area contributed by atoms with Gasteiger partial charge in [-0.3, -0.25) is 4.79 Å². The molecule has 222 valence electrons. The third-order valence-electron chi connectivity index (χ3n) is 7.20. The summed E-state index contributed by atoms with van der Waals surface area (Å²) in [6.07, 6.45) is 15.2. The summed E-state index contributed by atoms with van der Waals surface area (Å²) in [5, 5.41) is 3.10. The fraction of sp³-hybridized carbons (Fsp3) is 0.559. The minimum atomic E-state index is -0.108. The Hall–Kier alpha value is -1.92. The van der Waals surface area contributed by atoms with E-state index >= 15 is 0 Å². The third-order valence-corrected chi connectivity index (χ3v) is 8.22. The highest BCUT2D eigenvalue weighted by molar-refractivity contribution is 8.93. The highest BCUT2D eigenvalue weighted by Gasteiger charge is 2.21. The van der Waals surface area contributed by atoms with E-state index in [2.05, 4.69) is 69.2 Å². The number of allylic oxidation sites excluding steroid dienone is 1. The number of halogens is 1. The van der Waals surface area contributed by atoms with Crippen LogP contribution in [-0.2, 0) is 12.0 Å². The predicted molar refractivity (Wildman–Crippen MR) is 179 cm³/mol. The smallest absolute Gasteiger partial charge is 0.255 e. The summed E-state index contributed by atoms with van der Waals surface area (Å²) < 4.78 is 6.29. The molecule has 4 nitrogen and oxygen atoms in total. The minimum Gasteiger partial charge on any atom is -0.493 e. The number of anilines is 1. The summed E-state index contributed by atoms with van der Waals surface area (Å²) in [4.78, 5) is 16.8. The number of nitrogens with zero attached hydrogens (tertiary/aromatic N) is 1. The molecule has 6 heteroatoms. The lowest BCUT2D eigenvalue weighted by atomic mass is 9.85. The molecule has 0 atom stereocenters. The lowest BCUT2D eigenvalue weighted by Gasteiger charge is -2.23. The van der Waals surface area contributed by atoms with Crippen LogP contribution in [0.3, 0.4) is 0 Å². The van der Waals surface area contributed by atoms with E-state index in [1.807, 2.05) is 36.0 Å². The van der Waals surface area contributed by atoms with Gasteiger partial charge in [-0.15, -0.1) is 28.7 Å². The number of ether oxygens (including phenoxy) is 1. The fourth-order valence-electron chi connectivity index (χ4n) is 4.97. The lowest BCUT2D eigenvalue weighted by Crippen LogP contribution is -2.17. The largest absolute Gasteiger partial charge is 0.493 e. The molecule has 1 heterocycles. The van der Waals surface area contributed by atoms with Crippen molar-refractivity contribution in [2.45, 2.75) is 111 Å². The van der Waals surface area contributed by atoms with Crippen molar-refractivity contribution in [3.05, 3.63) is 70.3 Å². The minimum absolute atomic E-state index is 0. The van der Waals surface area contributed by atoms with Gasteiger partial charge in [0.05, 0.1) is 12.5 Å². The van der Waals surface area contributed by atoms with Gasteiger partial charge >= 0.3 is 0 Å². The van der Waals surface area contributed by atoms with Crippen molar-refractivity contribution in [2.24, 2.45) is 0 Å². The molecule has 2 aromatic carbocycles. The summed E-state index contributed by atoms with van der Waals surface area (Å²) in [7, 11) is 0. The van der Waals surface area contributed by atoms with E-state index in [9.17, 15) is 4.79 Å². The Labute approximate surface area is 258 Å². The Kier molecular flexibility index (Phi) is 15.3. The Balaban J connectivity index is 0.00000560. The zero-order valence-electron chi connectivity index (χ0n) is 25.4. The van der Waals surface area contributed by atoms with Gasteiger partial charge < -0.3 is 15.0 Å². The van der Waals surface area contributed by atoms with Crippen LogP contribution in [0.4, 0.5) is 5.69 Å². The molecule has 2 aromatic rings. The Bertz CT molecular complexity index is 1080. The van der Waals surface area contributed by atoms with Crippen molar-refractivity contribution >= 4 is 40.3 Å². The summed E-state index contributed by atoms with van der Waals surface area (Å²) >= 11 is 1.86. The van der Waals surface area contributed by atoms with Crippen LogP contribution in [-0.4, -0.2) is 23.3 Å². The summed E-state index contributed by atoms with van der Waals surface area (Å²) in [5.74, 6) is 1.70. The first-order chi connectivity index (χ1) is 18.8. The number of hydrogen-bond donors (Lipinski definition) is 1. The van der Waals surface area contributed by atoms with Gasteiger partial charge in [0.2, 0.25) is 0 Å². The van der Waals surface area contributed by atoms with Gasteiger partial charge in [0.15, 0.2) is 0 Å². The summed E-state index contributed by atoms with van der Waals surface area (Å²) in [6, 6.07) is 14.0. The second-order valence-corrected chi connectivity index (χ2v) is 13.1. The molecule has 3 rings (SSSR count). The molecule has 0 radical (unpaired) electrons. The Morgan fingerprint density at radius 1 is 0.950 bits per heavy atom. The van der Waals surface area contributed by atoms with Gasteiger partial charge in [0.1, 0.15) is 5.75 Å². The van der Waals surface area contributed by atoms with Crippen LogP contribution in [0.2, 0.25) is 0 Å². The van der Waals surface area contributed by atoms with Gasteiger partial charge in [-0.25, -0.2) is 0 Å². The summed E-state index contributed by atoms with van der Waals surface area (Å²) in [5.41, 5.74) is 3.71. The zero-order chi connectivity index (χ0) is 28.1. The van der Waals surface area contributed by atoms with Gasteiger partial charge in [-0.2, -0.15) is 0 Å². The van der Waals surface area contributed by atoms with E-state index < -0.39 is 0 Å². The van der Waals surface area contributed by atoms with Crippen LogP contribution in [0, 0.1) is 0 Å². The SMILES string of the molecule is Br.CCCCCCCCCCCCOc1cc(C(=O)Nc2cccc(CN3C=C(C)SC3)c2)ccc1C(C)(C)C. The molecule has 0 bridgehead atoms. The monoisotopic (exact) mass is 630 g/mol. The van der Waals surface area contributed by atoms with E-state index in [4.69, 9.17) is 4.74 Å². The molecular formula is C34H51BrN2O2S. The molecule has 1 aliphatic heterocycles. The molecule has 0 saturated carbocycles. The standard InChI is InChI=1S/C34H50N2O2S.BrH/c1-6-7-8-9-10-11-12-13-14-15-21-38-32-23-29(19-20-31(32)34(3,4)5)33(37)35-30-18-16-17-28(22-30)25-36-24-27(2)39-26-36;/h16-20,22-24H,6-15,21,25-26H2,1-5H3,(H,35,37);1H. The van der Waals surface area contributed by atoms with Gasteiger partial charge in [-0.05, 0) is 59.1 Å². The maximum Gasteiger partial charge on any atom is 0.255 e. The molecule has 40 heavy (non-hydrogen) atoms. The van der Waals surface area contributed by atoms with Crippen molar-refractivity contribution in [2.75, 3.05) is 17.8 Å². The molecular weight excluding hydrogens is 580 g/mol. The number of unbranched alkanes of at least 4 members (excludes halogenated alkanes) is 9. The van der Waals surface area contributed by atoms with Crippen LogP contribution in [0.15, 0.2) is 53.6 Å². The van der Waals surface area contributed by atoms with Crippen LogP contribution < -0.4 is 10.1 Å². The molecule has 0 unspecified atom stereocenters. The first-order valence-corrected chi connectivity index (χ1v) is 16.0. The maximum atomic E-state index is 13.2. The molecule has 1 amide bonds. The molecule has 0 spiro atoms. The van der Waals surface area contributed by atoms with Crippen LogP contribution in [0.5, 0.6) is 5.75 Å². The van der Waals surface area contributed by atoms with E-state index in [0.717, 1.165) is 35.8 Å². The topological polar surface area (TPSA) is 41.6 Å². The van der Waals surface area contributed by atoms with E-state index in [-0.39, 0.29) is 28.3 Å². The molecule has 0 saturated heterocycles. The Morgan fingerprint density at radius 3 is 2.25 bits per heavy atom. The first kappa shape index (κ1) is 34.3. The number of thioether (sulfide) groups is 1. The van der Waals surface area contributed by atoms with Crippen molar-refractivity contribution < 1.29 is 9.53 Å². The number of carbonyl (C=O) groups excluding carboxylic acids is 1. The maximum absolute atomic E-state index is 13.2. The van der Waals surface area contributed by atoms with Crippen molar-refractivity contribution in [1.29, 1.82) is 0 Å². The number of amides is 1. The quantitative estimate of drug-likeness (QED) is 0.187. The van der Waals surface area contributed by atoms with Gasteiger partial charge in [0, 0.05) is 24.0 Å². The lowest BCUT2D eigenvalue weighted by molar-refractivity contribution is 0.102.